The summed E-state index contributed by atoms with van der Waals surface area (Å²) in [7, 11) is -3.65. The Morgan fingerprint density at radius 1 is 1.10 bits per heavy atom. The van der Waals surface area contributed by atoms with Gasteiger partial charge in [0.2, 0.25) is 10.0 Å². The molecule has 21 heavy (non-hydrogen) atoms. The number of nitrogens with two attached hydrogens (primary N) is 1. The van der Waals surface area contributed by atoms with Gasteiger partial charge in [-0.1, -0.05) is 42.5 Å². The van der Waals surface area contributed by atoms with E-state index in [2.05, 4.69) is 17.4 Å². The van der Waals surface area contributed by atoms with Gasteiger partial charge in [-0.3, -0.25) is 0 Å². The fourth-order valence-corrected chi connectivity index (χ4v) is 2.73. The first-order valence-corrected chi connectivity index (χ1v) is 8.41. The molecule has 5 heteroatoms. The minimum absolute atomic E-state index is 0.0652. The summed E-state index contributed by atoms with van der Waals surface area (Å²) in [5.41, 5.74) is 2.19. The van der Waals surface area contributed by atoms with E-state index in [1.807, 2.05) is 31.2 Å². The van der Waals surface area contributed by atoms with Gasteiger partial charge in [-0.2, -0.15) is 0 Å². The Hall–Kier alpha value is -1.69. The number of hydrogen-bond donors (Lipinski definition) is 2. The molecule has 0 aliphatic heterocycles. The number of nitrogens with one attached hydrogen (secondary N) is 1. The lowest BCUT2D eigenvalue weighted by molar-refractivity contribution is 0.574. The van der Waals surface area contributed by atoms with Crippen LogP contribution in [0.3, 0.4) is 0 Å². The number of primary sulfonamides is 1. The van der Waals surface area contributed by atoms with Crippen molar-refractivity contribution >= 4 is 10.0 Å². The van der Waals surface area contributed by atoms with Crippen LogP contribution in [0.2, 0.25) is 0 Å². The lowest BCUT2D eigenvalue weighted by atomic mass is 10.1. The molecule has 2 aromatic rings. The quantitative estimate of drug-likeness (QED) is 0.859. The second-order valence-electron chi connectivity index (χ2n) is 5.03. The van der Waals surface area contributed by atoms with Gasteiger partial charge >= 0.3 is 0 Å². The van der Waals surface area contributed by atoms with Crippen LogP contribution in [0.25, 0.3) is 0 Å². The van der Waals surface area contributed by atoms with E-state index in [0.29, 0.717) is 0 Å². The molecule has 0 heterocycles. The predicted molar refractivity (Wildman–Crippen MR) is 84.4 cm³/mol. The van der Waals surface area contributed by atoms with Crippen LogP contribution in [0.5, 0.6) is 0 Å². The molecule has 1 atom stereocenters. The van der Waals surface area contributed by atoms with Crippen LogP contribution in [-0.4, -0.2) is 15.0 Å². The fourth-order valence-electron chi connectivity index (χ4n) is 2.16. The van der Waals surface area contributed by atoms with Crippen LogP contribution >= 0.6 is 0 Å². The highest BCUT2D eigenvalue weighted by Crippen LogP contribution is 2.16. The Morgan fingerprint density at radius 2 is 1.81 bits per heavy atom. The molecule has 2 rings (SSSR count). The second kappa shape index (κ2) is 6.85. The Balaban J connectivity index is 1.96. The molecule has 4 nitrogen and oxygen atoms in total. The van der Waals surface area contributed by atoms with E-state index in [1.165, 1.54) is 11.6 Å². The van der Waals surface area contributed by atoms with Crippen molar-refractivity contribution in [3.63, 3.8) is 0 Å². The molecule has 0 amide bonds. The third kappa shape index (κ3) is 4.67. The normalized spacial score (nSPS) is 13.0. The lowest BCUT2D eigenvalue weighted by Gasteiger charge is -2.15. The van der Waals surface area contributed by atoms with E-state index < -0.39 is 10.0 Å². The van der Waals surface area contributed by atoms with Gasteiger partial charge in [-0.05, 0) is 43.1 Å². The second-order valence-corrected chi connectivity index (χ2v) is 6.59. The summed E-state index contributed by atoms with van der Waals surface area (Å²) in [5, 5.41) is 8.54. The monoisotopic (exact) mass is 304 g/mol. The van der Waals surface area contributed by atoms with Crippen molar-refractivity contribution in [2.75, 3.05) is 6.54 Å². The minimum Gasteiger partial charge on any atom is -0.310 e. The maximum atomic E-state index is 11.4. The molecule has 0 saturated carbocycles. The summed E-state index contributed by atoms with van der Waals surface area (Å²) in [6.07, 6.45) is 0.931. The molecular weight excluding hydrogens is 284 g/mol. The number of sulfonamides is 1. The van der Waals surface area contributed by atoms with Crippen LogP contribution in [-0.2, 0) is 16.4 Å². The molecule has 0 fully saturated rings. The first kappa shape index (κ1) is 15.7. The van der Waals surface area contributed by atoms with Crippen molar-refractivity contribution in [1.29, 1.82) is 0 Å². The SMILES string of the molecule is CC(NCCc1ccccc1)c1cccc(S(N)(=O)=O)c1. The van der Waals surface area contributed by atoms with Crippen LogP contribution < -0.4 is 10.5 Å². The molecule has 3 N–H and O–H groups in total. The Bertz CT molecular complexity index is 684. The summed E-state index contributed by atoms with van der Waals surface area (Å²) in [4.78, 5) is 0.150. The summed E-state index contributed by atoms with van der Waals surface area (Å²) in [5.74, 6) is 0. The maximum Gasteiger partial charge on any atom is 0.238 e. The summed E-state index contributed by atoms with van der Waals surface area (Å²) in [6.45, 7) is 2.83. The zero-order chi connectivity index (χ0) is 15.3. The molecule has 112 valence electrons. The Labute approximate surface area is 126 Å². The van der Waals surface area contributed by atoms with E-state index in [0.717, 1.165) is 18.5 Å². The average Bonchev–Trinajstić information content (AvgIpc) is 2.47. The van der Waals surface area contributed by atoms with Crippen molar-refractivity contribution in [1.82, 2.24) is 5.32 Å². The van der Waals surface area contributed by atoms with E-state index in [9.17, 15) is 8.42 Å². The first-order chi connectivity index (χ1) is 9.97. The topological polar surface area (TPSA) is 72.2 Å². The van der Waals surface area contributed by atoms with Gasteiger partial charge in [0.1, 0.15) is 0 Å². The molecule has 0 aromatic heterocycles. The largest absolute Gasteiger partial charge is 0.310 e. The van der Waals surface area contributed by atoms with Gasteiger partial charge in [-0.15, -0.1) is 0 Å². The fraction of sp³-hybridized carbons (Fsp3) is 0.250. The lowest BCUT2D eigenvalue weighted by Crippen LogP contribution is -2.22. The Morgan fingerprint density at radius 3 is 2.48 bits per heavy atom. The summed E-state index contributed by atoms with van der Waals surface area (Å²) in [6, 6.07) is 17.0. The van der Waals surface area contributed by atoms with Crippen molar-refractivity contribution in [2.45, 2.75) is 24.3 Å². The van der Waals surface area contributed by atoms with Crippen molar-refractivity contribution < 1.29 is 8.42 Å². The number of rotatable bonds is 6. The molecule has 0 radical (unpaired) electrons. The molecular formula is C16H20N2O2S. The first-order valence-electron chi connectivity index (χ1n) is 6.87. The molecule has 0 aliphatic rings. The van der Waals surface area contributed by atoms with Crippen LogP contribution in [0, 0.1) is 0 Å². The van der Waals surface area contributed by atoms with Gasteiger partial charge in [0.25, 0.3) is 0 Å². The summed E-state index contributed by atoms with van der Waals surface area (Å²) < 4.78 is 22.7. The van der Waals surface area contributed by atoms with Crippen LogP contribution in [0.4, 0.5) is 0 Å². The van der Waals surface area contributed by atoms with E-state index in [1.54, 1.807) is 12.1 Å². The van der Waals surface area contributed by atoms with Crippen molar-refractivity contribution in [3.05, 3.63) is 65.7 Å². The van der Waals surface area contributed by atoms with E-state index >= 15 is 0 Å². The number of benzene rings is 2. The maximum absolute atomic E-state index is 11.4. The third-order valence-corrected chi connectivity index (χ3v) is 4.30. The Kier molecular flexibility index (Phi) is 5.12. The van der Waals surface area contributed by atoms with Crippen LogP contribution in [0.1, 0.15) is 24.1 Å². The van der Waals surface area contributed by atoms with Crippen molar-refractivity contribution in [3.8, 4) is 0 Å². The molecule has 0 bridgehead atoms. The molecule has 0 saturated heterocycles. The third-order valence-electron chi connectivity index (χ3n) is 3.39. The highest BCUT2D eigenvalue weighted by molar-refractivity contribution is 7.89. The predicted octanol–water partition coefficient (Wildman–Crippen LogP) is 2.23. The van der Waals surface area contributed by atoms with Gasteiger partial charge in [-0.25, -0.2) is 13.6 Å². The average molecular weight is 304 g/mol. The van der Waals surface area contributed by atoms with Crippen molar-refractivity contribution in [2.24, 2.45) is 5.14 Å². The standard InChI is InChI=1S/C16H20N2O2S/c1-13(18-11-10-14-6-3-2-4-7-14)15-8-5-9-16(12-15)21(17,19)20/h2-9,12-13,18H,10-11H2,1H3,(H2,17,19,20). The molecule has 2 aromatic carbocycles. The molecule has 0 spiro atoms. The van der Waals surface area contributed by atoms with Crippen LogP contribution in [0.15, 0.2) is 59.5 Å². The summed E-state index contributed by atoms with van der Waals surface area (Å²) >= 11 is 0. The van der Waals surface area contributed by atoms with Gasteiger partial charge in [0.15, 0.2) is 0 Å². The number of hydrogen-bond acceptors (Lipinski definition) is 3. The zero-order valence-corrected chi connectivity index (χ0v) is 12.8. The molecule has 0 aliphatic carbocycles. The zero-order valence-electron chi connectivity index (χ0n) is 12.0. The minimum atomic E-state index is -3.65. The highest BCUT2D eigenvalue weighted by Gasteiger charge is 2.11. The van der Waals surface area contributed by atoms with Gasteiger partial charge < -0.3 is 5.32 Å². The molecule has 1 unspecified atom stereocenters. The van der Waals surface area contributed by atoms with E-state index in [4.69, 9.17) is 5.14 Å². The highest BCUT2D eigenvalue weighted by atomic mass is 32.2. The van der Waals surface area contributed by atoms with Gasteiger partial charge in [0, 0.05) is 6.04 Å². The van der Waals surface area contributed by atoms with E-state index in [-0.39, 0.29) is 10.9 Å². The van der Waals surface area contributed by atoms with Gasteiger partial charge in [0.05, 0.1) is 4.90 Å². The smallest absolute Gasteiger partial charge is 0.238 e.